The van der Waals surface area contributed by atoms with Crippen molar-refractivity contribution in [2.24, 2.45) is 0 Å². The number of aryl methyl sites for hydroxylation is 1. The van der Waals surface area contributed by atoms with Crippen LogP contribution in [-0.2, 0) is 6.42 Å². The van der Waals surface area contributed by atoms with E-state index in [0.29, 0.717) is 18.2 Å². The molecule has 0 amide bonds. The van der Waals surface area contributed by atoms with Crippen molar-refractivity contribution in [2.45, 2.75) is 6.42 Å². The van der Waals surface area contributed by atoms with E-state index in [1.165, 1.54) is 12.1 Å². The molecule has 1 heterocycles. The standard InChI is InChI=1S/C10H8Cl2FN3O/c11-5-4-8-15-16-10(17-8)14-9-6(12)2-1-3-7(9)13/h1-3H,4-5H2,(H,14,16). The van der Waals surface area contributed by atoms with Gasteiger partial charge in [-0.1, -0.05) is 22.8 Å². The second kappa shape index (κ2) is 5.33. The summed E-state index contributed by atoms with van der Waals surface area (Å²) < 4.78 is 18.6. The molecule has 2 rings (SSSR count). The lowest BCUT2D eigenvalue weighted by Gasteiger charge is -2.04. The Morgan fingerprint density at radius 3 is 2.88 bits per heavy atom. The smallest absolute Gasteiger partial charge is 0.320 e. The number of hydrogen-bond acceptors (Lipinski definition) is 4. The number of anilines is 2. The minimum atomic E-state index is -0.491. The lowest BCUT2D eigenvalue weighted by Crippen LogP contribution is -1.94. The first-order valence-corrected chi connectivity index (χ1v) is 5.71. The lowest BCUT2D eigenvalue weighted by molar-refractivity contribution is 0.515. The first-order chi connectivity index (χ1) is 8.20. The number of nitrogens with one attached hydrogen (secondary N) is 1. The molecule has 90 valence electrons. The van der Waals surface area contributed by atoms with E-state index in [1.54, 1.807) is 6.07 Å². The fourth-order valence-electron chi connectivity index (χ4n) is 1.21. The summed E-state index contributed by atoms with van der Waals surface area (Å²) in [7, 11) is 0. The van der Waals surface area contributed by atoms with Crippen LogP contribution in [0.5, 0.6) is 0 Å². The normalized spacial score (nSPS) is 10.5. The second-order valence-electron chi connectivity index (χ2n) is 3.16. The number of para-hydroxylation sites is 1. The van der Waals surface area contributed by atoms with Crippen molar-refractivity contribution >= 4 is 34.9 Å². The molecule has 0 aliphatic rings. The Morgan fingerprint density at radius 1 is 1.35 bits per heavy atom. The molecule has 0 bridgehead atoms. The van der Waals surface area contributed by atoms with Crippen LogP contribution in [0.4, 0.5) is 16.1 Å². The molecule has 0 spiro atoms. The quantitative estimate of drug-likeness (QED) is 0.869. The van der Waals surface area contributed by atoms with E-state index in [0.717, 1.165) is 0 Å². The molecule has 1 aromatic heterocycles. The molecule has 0 saturated carbocycles. The van der Waals surface area contributed by atoms with Crippen LogP contribution in [0, 0.1) is 5.82 Å². The molecule has 0 saturated heterocycles. The highest BCUT2D eigenvalue weighted by Gasteiger charge is 2.11. The number of rotatable bonds is 4. The van der Waals surface area contributed by atoms with Gasteiger partial charge in [0.05, 0.1) is 10.7 Å². The van der Waals surface area contributed by atoms with Gasteiger partial charge < -0.3 is 9.73 Å². The van der Waals surface area contributed by atoms with E-state index >= 15 is 0 Å². The number of benzene rings is 1. The first-order valence-electron chi connectivity index (χ1n) is 4.80. The Kier molecular flexibility index (Phi) is 3.81. The van der Waals surface area contributed by atoms with Crippen LogP contribution in [0.25, 0.3) is 0 Å². The summed E-state index contributed by atoms with van der Waals surface area (Å²) in [5, 5.41) is 10.3. The molecule has 0 unspecified atom stereocenters. The van der Waals surface area contributed by atoms with E-state index in [2.05, 4.69) is 15.5 Å². The maximum absolute atomic E-state index is 13.4. The minimum absolute atomic E-state index is 0.0807. The Morgan fingerprint density at radius 2 is 2.18 bits per heavy atom. The molecule has 0 radical (unpaired) electrons. The zero-order chi connectivity index (χ0) is 12.3. The van der Waals surface area contributed by atoms with Crippen LogP contribution in [0.3, 0.4) is 0 Å². The van der Waals surface area contributed by atoms with Gasteiger partial charge in [-0.05, 0) is 12.1 Å². The Bertz CT molecular complexity index is 498. The third-order valence-electron chi connectivity index (χ3n) is 1.97. The van der Waals surface area contributed by atoms with E-state index in [4.69, 9.17) is 27.6 Å². The SMILES string of the molecule is Fc1cccc(Cl)c1Nc1nnc(CCCl)o1. The molecular formula is C10H8Cl2FN3O. The fraction of sp³-hybridized carbons (Fsp3) is 0.200. The average Bonchev–Trinajstić information content (AvgIpc) is 2.72. The van der Waals surface area contributed by atoms with Crippen molar-refractivity contribution in [1.82, 2.24) is 10.2 Å². The van der Waals surface area contributed by atoms with Crippen molar-refractivity contribution in [2.75, 3.05) is 11.2 Å². The van der Waals surface area contributed by atoms with Crippen LogP contribution in [-0.4, -0.2) is 16.1 Å². The molecule has 2 aromatic rings. The minimum Gasteiger partial charge on any atom is -0.408 e. The van der Waals surface area contributed by atoms with Crippen LogP contribution in [0.1, 0.15) is 5.89 Å². The predicted octanol–water partition coefficient (Wildman–Crippen LogP) is 3.39. The lowest BCUT2D eigenvalue weighted by atomic mass is 10.3. The van der Waals surface area contributed by atoms with Gasteiger partial charge in [-0.2, -0.15) is 0 Å². The Balaban J connectivity index is 2.19. The van der Waals surface area contributed by atoms with E-state index in [1.807, 2.05) is 0 Å². The molecule has 0 atom stereocenters. The van der Waals surface area contributed by atoms with Crippen molar-refractivity contribution in [3.05, 3.63) is 34.9 Å². The number of halogens is 3. The highest BCUT2D eigenvalue weighted by molar-refractivity contribution is 6.33. The zero-order valence-corrected chi connectivity index (χ0v) is 10.1. The van der Waals surface area contributed by atoms with Crippen LogP contribution >= 0.6 is 23.2 Å². The molecule has 1 aromatic carbocycles. The summed E-state index contributed by atoms with van der Waals surface area (Å²) in [5.74, 6) is 0.270. The average molecular weight is 276 g/mol. The summed E-state index contributed by atoms with van der Waals surface area (Å²) >= 11 is 11.4. The van der Waals surface area contributed by atoms with Gasteiger partial charge in [-0.15, -0.1) is 16.7 Å². The van der Waals surface area contributed by atoms with Crippen molar-refractivity contribution in [3.63, 3.8) is 0 Å². The summed E-state index contributed by atoms with van der Waals surface area (Å²) in [4.78, 5) is 0. The maximum Gasteiger partial charge on any atom is 0.320 e. The monoisotopic (exact) mass is 275 g/mol. The van der Waals surface area contributed by atoms with Gasteiger partial charge in [0.25, 0.3) is 0 Å². The summed E-state index contributed by atoms with van der Waals surface area (Å²) in [5.41, 5.74) is 0.107. The topological polar surface area (TPSA) is 51.0 Å². The van der Waals surface area contributed by atoms with Crippen LogP contribution in [0.15, 0.2) is 22.6 Å². The predicted molar refractivity (Wildman–Crippen MR) is 63.4 cm³/mol. The fourth-order valence-corrected chi connectivity index (χ4v) is 1.58. The van der Waals surface area contributed by atoms with Crippen molar-refractivity contribution < 1.29 is 8.81 Å². The van der Waals surface area contributed by atoms with Crippen molar-refractivity contribution in [1.29, 1.82) is 0 Å². The molecule has 17 heavy (non-hydrogen) atoms. The number of aromatic nitrogens is 2. The molecule has 0 fully saturated rings. The molecule has 0 aliphatic heterocycles. The molecule has 0 aliphatic carbocycles. The Labute approximate surface area is 107 Å². The largest absolute Gasteiger partial charge is 0.408 e. The van der Waals surface area contributed by atoms with E-state index < -0.39 is 5.82 Å². The van der Waals surface area contributed by atoms with E-state index in [9.17, 15) is 4.39 Å². The zero-order valence-electron chi connectivity index (χ0n) is 8.58. The second-order valence-corrected chi connectivity index (χ2v) is 3.95. The molecule has 1 N–H and O–H groups in total. The summed E-state index contributed by atoms with van der Waals surface area (Å²) in [6, 6.07) is 4.43. The number of nitrogens with zero attached hydrogens (tertiary/aromatic N) is 2. The first kappa shape index (κ1) is 12.1. The number of alkyl halides is 1. The summed E-state index contributed by atoms with van der Waals surface area (Å²) in [6.07, 6.45) is 0.460. The highest BCUT2D eigenvalue weighted by atomic mass is 35.5. The van der Waals surface area contributed by atoms with E-state index in [-0.39, 0.29) is 16.7 Å². The molecule has 4 nitrogen and oxygen atoms in total. The van der Waals surface area contributed by atoms with Crippen molar-refractivity contribution in [3.8, 4) is 0 Å². The molecular weight excluding hydrogens is 268 g/mol. The van der Waals surface area contributed by atoms with Gasteiger partial charge in [0, 0.05) is 12.3 Å². The van der Waals surface area contributed by atoms with Gasteiger partial charge >= 0.3 is 6.01 Å². The summed E-state index contributed by atoms with van der Waals surface area (Å²) in [6.45, 7) is 0. The third-order valence-corrected chi connectivity index (χ3v) is 2.47. The van der Waals surface area contributed by atoms with Crippen LogP contribution < -0.4 is 5.32 Å². The van der Waals surface area contributed by atoms with Crippen LogP contribution in [0.2, 0.25) is 5.02 Å². The highest BCUT2D eigenvalue weighted by Crippen LogP contribution is 2.27. The Hall–Kier alpha value is -1.33. The van der Waals surface area contributed by atoms with Gasteiger partial charge in [0.1, 0.15) is 5.82 Å². The third kappa shape index (κ3) is 2.87. The molecule has 7 heteroatoms. The van der Waals surface area contributed by atoms with Gasteiger partial charge in [-0.25, -0.2) is 4.39 Å². The van der Waals surface area contributed by atoms with Gasteiger partial charge in [-0.3, -0.25) is 0 Å². The van der Waals surface area contributed by atoms with Gasteiger partial charge in [0.15, 0.2) is 0 Å². The maximum atomic E-state index is 13.4. The van der Waals surface area contributed by atoms with Gasteiger partial charge in [0.2, 0.25) is 5.89 Å². The number of hydrogen-bond donors (Lipinski definition) is 1.